The molecule has 3 aromatic rings. The number of phenols is 1. The van der Waals surface area contributed by atoms with Crippen LogP contribution in [0.2, 0.25) is 0 Å². The molecule has 1 aromatic heterocycles. The predicted molar refractivity (Wildman–Crippen MR) is 90.4 cm³/mol. The van der Waals surface area contributed by atoms with Crippen molar-refractivity contribution in [3.05, 3.63) is 53.6 Å². The average Bonchev–Trinajstić information content (AvgIpc) is 2.87. The molecule has 0 bridgehead atoms. The Balaban J connectivity index is 2.09. The number of carbonyl (C=O) groups excluding carboxylic acids is 1. The quantitative estimate of drug-likeness (QED) is 0.634. The molecule has 0 aliphatic heterocycles. The maximum absolute atomic E-state index is 12.3. The number of anilines is 2. The third kappa shape index (κ3) is 2.99. The van der Waals surface area contributed by atoms with Crippen molar-refractivity contribution in [1.82, 2.24) is 4.98 Å². The number of carbonyl (C=O) groups is 1. The number of H-pyrrole nitrogens is 1. The van der Waals surface area contributed by atoms with Gasteiger partial charge in [-0.15, -0.1) is 0 Å². The highest BCUT2D eigenvalue weighted by molar-refractivity contribution is 6.10. The second kappa shape index (κ2) is 6.04. The smallest absolute Gasteiger partial charge is 0.342 e. The van der Waals surface area contributed by atoms with Crippen molar-refractivity contribution in [1.29, 1.82) is 0 Å². The van der Waals surface area contributed by atoms with E-state index in [1.165, 1.54) is 0 Å². The van der Waals surface area contributed by atoms with Crippen LogP contribution in [-0.2, 0) is 4.74 Å². The van der Waals surface area contributed by atoms with E-state index in [4.69, 9.17) is 4.74 Å². The first-order valence-electron chi connectivity index (χ1n) is 7.44. The van der Waals surface area contributed by atoms with Crippen LogP contribution in [0.5, 0.6) is 5.75 Å². The van der Waals surface area contributed by atoms with Crippen LogP contribution >= 0.6 is 0 Å². The minimum atomic E-state index is -0.432. The van der Waals surface area contributed by atoms with Gasteiger partial charge in [-0.3, -0.25) is 0 Å². The third-order valence-corrected chi connectivity index (χ3v) is 3.58. The van der Waals surface area contributed by atoms with Crippen LogP contribution < -0.4 is 5.32 Å². The zero-order valence-electron chi connectivity index (χ0n) is 13.0. The van der Waals surface area contributed by atoms with Gasteiger partial charge in [0, 0.05) is 16.6 Å². The van der Waals surface area contributed by atoms with Crippen LogP contribution in [0.3, 0.4) is 0 Å². The number of ether oxygens (including phenoxy) is 1. The van der Waals surface area contributed by atoms with E-state index < -0.39 is 5.97 Å². The molecule has 0 saturated carbocycles. The lowest BCUT2D eigenvalue weighted by Crippen LogP contribution is -2.07. The van der Waals surface area contributed by atoms with E-state index in [0.29, 0.717) is 16.8 Å². The van der Waals surface area contributed by atoms with Gasteiger partial charge in [0.1, 0.15) is 17.1 Å². The molecule has 3 N–H and O–H groups in total. The molecule has 1 heterocycles. The van der Waals surface area contributed by atoms with Gasteiger partial charge in [-0.2, -0.15) is 0 Å². The Morgan fingerprint density at radius 3 is 2.65 bits per heavy atom. The Kier molecular flexibility index (Phi) is 3.93. The fourth-order valence-corrected chi connectivity index (χ4v) is 2.47. The zero-order chi connectivity index (χ0) is 16.4. The maximum Gasteiger partial charge on any atom is 0.342 e. The van der Waals surface area contributed by atoms with Crippen molar-refractivity contribution in [2.24, 2.45) is 0 Å². The summed E-state index contributed by atoms with van der Waals surface area (Å²) in [5.41, 5.74) is 3.15. The summed E-state index contributed by atoms with van der Waals surface area (Å²) < 4.78 is 5.15. The molecule has 0 radical (unpaired) electrons. The lowest BCUT2D eigenvalue weighted by atomic mass is 10.1. The molecule has 0 unspecified atom stereocenters. The molecule has 0 saturated heterocycles. The predicted octanol–water partition coefficient (Wildman–Crippen LogP) is 4.10. The number of benzene rings is 2. The number of aromatic nitrogens is 1. The highest BCUT2D eigenvalue weighted by atomic mass is 16.5. The number of aromatic amines is 1. The maximum atomic E-state index is 12.3. The van der Waals surface area contributed by atoms with Gasteiger partial charge in [-0.1, -0.05) is 17.7 Å². The largest absolute Gasteiger partial charge is 0.508 e. The van der Waals surface area contributed by atoms with Crippen molar-refractivity contribution in [2.75, 3.05) is 11.9 Å². The Hall–Kier alpha value is -2.95. The summed E-state index contributed by atoms with van der Waals surface area (Å²) in [6, 6.07) is 12.7. The number of rotatable bonds is 4. The van der Waals surface area contributed by atoms with Crippen molar-refractivity contribution < 1.29 is 14.6 Å². The van der Waals surface area contributed by atoms with Gasteiger partial charge >= 0.3 is 5.97 Å². The summed E-state index contributed by atoms with van der Waals surface area (Å²) in [5.74, 6) is 0.218. The minimum absolute atomic E-state index is 0.101. The molecule has 0 aliphatic carbocycles. The lowest BCUT2D eigenvalue weighted by molar-refractivity contribution is 0.0530. The third-order valence-electron chi connectivity index (χ3n) is 3.58. The summed E-state index contributed by atoms with van der Waals surface area (Å²) in [6.07, 6.45) is 0. The van der Waals surface area contributed by atoms with Crippen molar-refractivity contribution in [3.8, 4) is 5.75 Å². The van der Waals surface area contributed by atoms with Gasteiger partial charge in [0.2, 0.25) is 0 Å². The van der Waals surface area contributed by atoms with Crippen LogP contribution in [0.15, 0.2) is 42.5 Å². The molecular formula is C18H18N2O3. The summed E-state index contributed by atoms with van der Waals surface area (Å²) >= 11 is 0. The number of fused-ring (bicyclic) bond motifs is 1. The van der Waals surface area contributed by atoms with Crippen LogP contribution in [-0.4, -0.2) is 22.7 Å². The van der Waals surface area contributed by atoms with E-state index in [1.807, 2.05) is 31.2 Å². The number of phenolic OH excluding ortho intramolecular Hbond substituents is 1. The molecular weight excluding hydrogens is 292 g/mol. The summed E-state index contributed by atoms with van der Waals surface area (Å²) in [7, 11) is 0. The molecule has 2 aromatic carbocycles. The molecule has 118 valence electrons. The first-order valence-corrected chi connectivity index (χ1v) is 7.44. The van der Waals surface area contributed by atoms with Crippen molar-refractivity contribution >= 4 is 28.4 Å². The standard InChI is InChI=1S/C18H18N2O3/c1-3-23-18(22)16-14-10-13(21)8-9-15(14)20-17(16)19-12-6-4-11(2)5-7-12/h4-10,19-21H,3H2,1-2H3. The van der Waals surface area contributed by atoms with E-state index in [9.17, 15) is 9.90 Å². The molecule has 3 rings (SSSR count). The van der Waals surface area contributed by atoms with E-state index in [1.54, 1.807) is 25.1 Å². The Morgan fingerprint density at radius 2 is 1.96 bits per heavy atom. The van der Waals surface area contributed by atoms with Crippen LogP contribution in [0.4, 0.5) is 11.5 Å². The molecule has 0 spiro atoms. The van der Waals surface area contributed by atoms with Crippen molar-refractivity contribution in [3.63, 3.8) is 0 Å². The Labute approximate surface area is 133 Å². The van der Waals surface area contributed by atoms with E-state index in [2.05, 4.69) is 10.3 Å². The van der Waals surface area contributed by atoms with Gasteiger partial charge < -0.3 is 20.1 Å². The molecule has 23 heavy (non-hydrogen) atoms. The minimum Gasteiger partial charge on any atom is -0.508 e. The second-order valence-corrected chi connectivity index (χ2v) is 5.32. The number of hydrogen-bond acceptors (Lipinski definition) is 4. The summed E-state index contributed by atoms with van der Waals surface area (Å²) in [4.78, 5) is 15.5. The van der Waals surface area contributed by atoms with E-state index in [0.717, 1.165) is 16.8 Å². The number of esters is 1. The van der Waals surface area contributed by atoms with Gasteiger partial charge in [0.15, 0.2) is 0 Å². The SMILES string of the molecule is CCOC(=O)c1c(Nc2ccc(C)cc2)[nH]c2ccc(O)cc12. The Bertz CT molecular complexity index is 851. The van der Waals surface area contributed by atoms with E-state index >= 15 is 0 Å². The Morgan fingerprint density at radius 1 is 1.22 bits per heavy atom. The first-order chi connectivity index (χ1) is 11.1. The van der Waals surface area contributed by atoms with Gasteiger partial charge in [-0.05, 0) is 44.2 Å². The van der Waals surface area contributed by atoms with E-state index in [-0.39, 0.29) is 12.4 Å². The number of hydrogen-bond donors (Lipinski definition) is 3. The molecule has 0 fully saturated rings. The monoisotopic (exact) mass is 310 g/mol. The highest BCUT2D eigenvalue weighted by Gasteiger charge is 2.20. The van der Waals surface area contributed by atoms with Crippen LogP contribution in [0.1, 0.15) is 22.8 Å². The summed E-state index contributed by atoms with van der Waals surface area (Å²) in [6.45, 7) is 4.06. The zero-order valence-corrected chi connectivity index (χ0v) is 13.0. The molecule has 0 amide bonds. The van der Waals surface area contributed by atoms with Crippen LogP contribution in [0.25, 0.3) is 10.9 Å². The average molecular weight is 310 g/mol. The molecule has 0 aliphatic rings. The van der Waals surface area contributed by atoms with Crippen LogP contribution in [0, 0.1) is 6.92 Å². The molecule has 0 atom stereocenters. The lowest BCUT2D eigenvalue weighted by Gasteiger charge is -2.08. The topological polar surface area (TPSA) is 74.3 Å². The second-order valence-electron chi connectivity index (χ2n) is 5.32. The van der Waals surface area contributed by atoms with Gasteiger partial charge in [0.25, 0.3) is 0 Å². The molecule has 5 nitrogen and oxygen atoms in total. The normalized spacial score (nSPS) is 10.7. The van der Waals surface area contributed by atoms with Gasteiger partial charge in [-0.25, -0.2) is 4.79 Å². The first kappa shape index (κ1) is 15.0. The van der Waals surface area contributed by atoms with Crippen molar-refractivity contribution in [2.45, 2.75) is 13.8 Å². The number of aromatic hydroxyl groups is 1. The fourth-order valence-electron chi connectivity index (χ4n) is 2.47. The summed E-state index contributed by atoms with van der Waals surface area (Å²) in [5, 5.41) is 13.5. The number of aryl methyl sites for hydroxylation is 1. The molecule has 5 heteroatoms. The number of nitrogens with one attached hydrogen (secondary N) is 2. The highest BCUT2D eigenvalue weighted by Crippen LogP contribution is 2.31. The van der Waals surface area contributed by atoms with Gasteiger partial charge in [0.05, 0.1) is 6.61 Å². The fraction of sp³-hybridized carbons (Fsp3) is 0.167.